The lowest BCUT2D eigenvalue weighted by atomic mass is 9.77. The fourth-order valence-corrected chi connectivity index (χ4v) is 5.92. The van der Waals surface area contributed by atoms with Crippen LogP contribution in [0.3, 0.4) is 0 Å². The van der Waals surface area contributed by atoms with Crippen LogP contribution < -0.4 is 0 Å². The van der Waals surface area contributed by atoms with Crippen molar-refractivity contribution < 1.29 is 9.47 Å². The van der Waals surface area contributed by atoms with Gasteiger partial charge in [0.05, 0.1) is 0 Å². The van der Waals surface area contributed by atoms with Crippen LogP contribution in [0.15, 0.2) is 0 Å². The van der Waals surface area contributed by atoms with Gasteiger partial charge in [-0.15, -0.1) is 0 Å². The van der Waals surface area contributed by atoms with E-state index in [1.54, 1.807) is 0 Å². The van der Waals surface area contributed by atoms with E-state index < -0.39 is 5.91 Å². The van der Waals surface area contributed by atoms with Crippen molar-refractivity contribution >= 4 is 0 Å². The third-order valence-electron chi connectivity index (χ3n) is 7.26. The van der Waals surface area contributed by atoms with Crippen molar-refractivity contribution in [2.24, 2.45) is 11.8 Å². The average Bonchev–Trinajstić information content (AvgIpc) is 2.73. The first-order chi connectivity index (χ1) is 13.7. The Hall–Kier alpha value is -0.120. The van der Waals surface area contributed by atoms with Crippen LogP contribution in [-0.4, -0.2) is 36.6 Å². The minimum absolute atomic E-state index is 0.472. The quantitative estimate of drug-likeness (QED) is 0.230. The lowest BCUT2D eigenvalue weighted by Crippen LogP contribution is -2.64. The first-order valence-electron chi connectivity index (χ1n) is 12.8. The van der Waals surface area contributed by atoms with Gasteiger partial charge in [-0.05, 0) is 58.3 Å². The van der Waals surface area contributed by atoms with Crippen molar-refractivity contribution in [3.05, 3.63) is 0 Å². The molecule has 166 valence electrons. The number of unbranched alkanes of at least 4 members (excludes halogenated alkanes) is 5. The maximum absolute atomic E-state index is 6.61. The largest absolute Gasteiger partial charge is 0.337 e. The molecule has 0 N–H and O–H groups in total. The van der Waals surface area contributed by atoms with Crippen molar-refractivity contribution in [3.63, 3.8) is 0 Å². The molecule has 0 aromatic rings. The van der Waals surface area contributed by atoms with Crippen LogP contribution in [-0.2, 0) is 9.47 Å². The summed E-state index contributed by atoms with van der Waals surface area (Å²) >= 11 is 0. The molecule has 3 heteroatoms. The van der Waals surface area contributed by atoms with Crippen molar-refractivity contribution in [1.29, 1.82) is 0 Å². The van der Waals surface area contributed by atoms with E-state index in [4.69, 9.17) is 9.47 Å². The highest BCUT2D eigenvalue weighted by atomic mass is 16.7. The molecule has 0 amide bonds. The zero-order chi connectivity index (χ0) is 20.2. The number of fused-ring (bicyclic) bond motifs is 1. The predicted molar refractivity (Wildman–Crippen MR) is 119 cm³/mol. The van der Waals surface area contributed by atoms with Gasteiger partial charge < -0.3 is 9.47 Å². The van der Waals surface area contributed by atoms with Gasteiger partial charge in [0.1, 0.15) is 0 Å². The molecule has 2 aliphatic rings. The second kappa shape index (κ2) is 13.2. The number of hydrogen-bond donors (Lipinski definition) is 0. The average molecular weight is 396 g/mol. The van der Waals surface area contributed by atoms with Gasteiger partial charge >= 0.3 is 0 Å². The molecule has 1 saturated heterocycles. The van der Waals surface area contributed by atoms with Gasteiger partial charge in [-0.2, -0.15) is 0 Å². The van der Waals surface area contributed by atoms with Crippen LogP contribution in [0.5, 0.6) is 0 Å². The van der Waals surface area contributed by atoms with Gasteiger partial charge in [0.25, 0.3) is 0 Å². The smallest absolute Gasteiger partial charge is 0.233 e. The maximum Gasteiger partial charge on any atom is 0.233 e. The number of hydrogen-bond acceptors (Lipinski definition) is 3. The summed E-state index contributed by atoms with van der Waals surface area (Å²) < 4.78 is 13.2. The molecule has 1 heterocycles. The SMILES string of the molecule is CCCCCCCCC(CC)C(OCC)(OCC)N1CCCC2CCCCC21. The summed E-state index contributed by atoms with van der Waals surface area (Å²) in [5, 5.41) is 0. The Morgan fingerprint density at radius 3 is 2.14 bits per heavy atom. The van der Waals surface area contributed by atoms with E-state index >= 15 is 0 Å². The number of likely N-dealkylation sites (tertiary alicyclic amines) is 1. The van der Waals surface area contributed by atoms with Gasteiger partial charge in [0.15, 0.2) is 0 Å². The lowest BCUT2D eigenvalue weighted by Gasteiger charge is -2.55. The minimum Gasteiger partial charge on any atom is -0.337 e. The monoisotopic (exact) mass is 395 g/mol. The summed E-state index contributed by atoms with van der Waals surface area (Å²) in [6, 6.07) is 0.666. The Labute approximate surface area is 175 Å². The van der Waals surface area contributed by atoms with Crippen LogP contribution in [0.25, 0.3) is 0 Å². The third-order valence-corrected chi connectivity index (χ3v) is 7.26. The first kappa shape index (κ1) is 24.2. The highest BCUT2D eigenvalue weighted by Gasteiger charge is 2.50. The van der Waals surface area contributed by atoms with Gasteiger partial charge in [0.2, 0.25) is 5.91 Å². The van der Waals surface area contributed by atoms with E-state index in [-0.39, 0.29) is 0 Å². The lowest BCUT2D eigenvalue weighted by molar-refractivity contribution is -0.360. The summed E-state index contributed by atoms with van der Waals surface area (Å²) in [4.78, 5) is 2.71. The van der Waals surface area contributed by atoms with E-state index in [9.17, 15) is 0 Å². The molecule has 3 unspecified atom stereocenters. The van der Waals surface area contributed by atoms with Crippen molar-refractivity contribution in [2.75, 3.05) is 19.8 Å². The van der Waals surface area contributed by atoms with E-state index in [1.807, 2.05) is 0 Å². The van der Waals surface area contributed by atoms with Crippen LogP contribution in [0, 0.1) is 11.8 Å². The zero-order valence-electron chi connectivity index (χ0n) is 19.5. The minimum atomic E-state index is -0.498. The molecule has 0 bridgehead atoms. The van der Waals surface area contributed by atoms with Gasteiger partial charge in [-0.1, -0.05) is 65.2 Å². The fraction of sp³-hybridized carbons (Fsp3) is 1.00. The fourth-order valence-electron chi connectivity index (χ4n) is 5.92. The highest BCUT2D eigenvalue weighted by Crippen LogP contribution is 2.44. The molecule has 3 nitrogen and oxygen atoms in total. The number of ether oxygens (including phenoxy) is 2. The van der Waals surface area contributed by atoms with Crippen molar-refractivity contribution in [1.82, 2.24) is 4.90 Å². The van der Waals surface area contributed by atoms with Gasteiger partial charge in [0, 0.05) is 31.7 Å². The Balaban J connectivity index is 2.12. The van der Waals surface area contributed by atoms with Crippen molar-refractivity contribution in [2.45, 2.75) is 130 Å². The molecular formula is C25H49NO2. The molecule has 1 saturated carbocycles. The summed E-state index contributed by atoms with van der Waals surface area (Å²) in [6.07, 6.45) is 18.8. The van der Waals surface area contributed by atoms with E-state index in [0.29, 0.717) is 12.0 Å². The molecule has 2 fully saturated rings. The molecule has 3 atom stereocenters. The van der Waals surface area contributed by atoms with Crippen LogP contribution in [0.2, 0.25) is 0 Å². The Morgan fingerprint density at radius 2 is 1.46 bits per heavy atom. The van der Waals surface area contributed by atoms with Crippen LogP contribution in [0.1, 0.15) is 118 Å². The molecule has 1 aliphatic heterocycles. The van der Waals surface area contributed by atoms with Gasteiger partial charge in [-0.3, -0.25) is 0 Å². The molecule has 1 aliphatic carbocycles. The van der Waals surface area contributed by atoms with Crippen LogP contribution in [0.4, 0.5) is 0 Å². The topological polar surface area (TPSA) is 21.7 Å². The van der Waals surface area contributed by atoms with Gasteiger partial charge in [-0.25, -0.2) is 4.90 Å². The standard InChI is InChI=1S/C25H49NO2/c1-5-9-10-11-12-13-19-23(6-2)25(27-7-3,28-8-4)26-21-16-18-22-17-14-15-20-24(22)26/h22-24H,5-21H2,1-4H3. The summed E-state index contributed by atoms with van der Waals surface area (Å²) in [6.45, 7) is 11.6. The molecular weight excluding hydrogens is 346 g/mol. The molecule has 28 heavy (non-hydrogen) atoms. The Morgan fingerprint density at radius 1 is 0.821 bits per heavy atom. The summed E-state index contributed by atoms with van der Waals surface area (Å²) in [5.74, 6) is 0.830. The van der Waals surface area contributed by atoms with Crippen molar-refractivity contribution in [3.8, 4) is 0 Å². The van der Waals surface area contributed by atoms with Crippen LogP contribution >= 0.6 is 0 Å². The third kappa shape index (κ3) is 6.19. The first-order valence-corrected chi connectivity index (χ1v) is 12.8. The van der Waals surface area contributed by atoms with E-state index in [1.165, 1.54) is 83.5 Å². The Bertz CT molecular complexity index is 392. The maximum atomic E-state index is 6.61. The highest BCUT2D eigenvalue weighted by molar-refractivity contribution is 4.93. The summed E-state index contributed by atoms with van der Waals surface area (Å²) in [5.41, 5.74) is 0. The molecule has 2 rings (SSSR count). The second-order valence-electron chi connectivity index (χ2n) is 9.11. The number of nitrogens with zero attached hydrogens (tertiary/aromatic N) is 1. The Kier molecular flexibility index (Phi) is 11.4. The molecule has 0 aromatic carbocycles. The summed E-state index contributed by atoms with van der Waals surface area (Å²) in [7, 11) is 0. The number of rotatable bonds is 14. The predicted octanol–water partition coefficient (Wildman–Crippen LogP) is 7.14. The second-order valence-corrected chi connectivity index (χ2v) is 9.11. The zero-order valence-corrected chi connectivity index (χ0v) is 19.5. The normalized spacial score (nSPS) is 24.9. The molecule has 0 radical (unpaired) electrons. The number of piperidine rings is 1. The molecule has 0 spiro atoms. The molecule has 0 aromatic heterocycles. The van der Waals surface area contributed by atoms with E-state index in [2.05, 4.69) is 32.6 Å². The van der Waals surface area contributed by atoms with E-state index in [0.717, 1.165) is 32.1 Å².